The molecule has 31 heavy (non-hydrogen) atoms. The summed E-state index contributed by atoms with van der Waals surface area (Å²) in [4.78, 5) is 12.9. The molecule has 2 aliphatic rings. The highest BCUT2D eigenvalue weighted by atomic mass is 16.5. The Morgan fingerprint density at radius 3 is 2.71 bits per heavy atom. The Labute approximate surface area is 181 Å². The van der Waals surface area contributed by atoms with Gasteiger partial charge in [0.05, 0.1) is 11.8 Å². The highest BCUT2D eigenvalue weighted by Crippen LogP contribution is 2.44. The Balaban J connectivity index is 1.31. The van der Waals surface area contributed by atoms with Crippen molar-refractivity contribution in [3.8, 4) is 28.8 Å². The van der Waals surface area contributed by atoms with Gasteiger partial charge in [0, 0.05) is 17.5 Å². The molecule has 4 atom stereocenters. The van der Waals surface area contributed by atoms with Crippen molar-refractivity contribution in [2.24, 2.45) is 17.8 Å². The van der Waals surface area contributed by atoms with Crippen LogP contribution in [0.1, 0.15) is 36.2 Å². The van der Waals surface area contributed by atoms with Gasteiger partial charge in [-0.25, -0.2) is 0 Å². The van der Waals surface area contributed by atoms with Crippen LogP contribution in [0.3, 0.4) is 0 Å². The number of aromatic amines is 1. The van der Waals surface area contributed by atoms with Crippen LogP contribution < -0.4 is 10.1 Å². The van der Waals surface area contributed by atoms with E-state index in [-0.39, 0.29) is 17.9 Å². The Morgan fingerprint density at radius 2 is 1.87 bits per heavy atom. The molecule has 6 nitrogen and oxygen atoms in total. The third kappa shape index (κ3) is 4.04. The van der Waals surface area contributed by atoms with Crippen molar-refractivity contribution in [2.75, 3.05) is 0 Å². The average Bonchev–Trinajstić information content (AvgIpc) is 3.39. The molecule has 2 bridgehead atoms. The van der Waals surface area contributed by atoms with Crippen molar-refractivity contribution in [1.82, 2.24) is 15.5 Å². The third-order valence-corrected chi connectivity index (χ3v) is 6.46. The number of fused-ring (bicyclic) bond motifs is 2. The predicted octanol–water partition coefficient (Wildman–Crippen LogP) is 4.93. The molecule has 2 fully saturated rings. The van der Waals surface area contributed by atoms with E-state index in [1.807, 2.05) is 54.6 Å². The van der Waals surface area contributed by atoms with Gasteiger partial charge in [0.1, 0.15) is 11.5 Å². The number of nitrogens with zero attached hydrogens (tertiary/aromatic N) is 2. The molecule has 0 radical (unpaired) electrons. The van der Waals surface area contributed by atoms with E-state index >= 15 is 0 Å². The minimum Gasteiger partial charge on any atom is -0.457 e. The van der Waals surface area contributed by atoms with Crippen molar-refractivity contribution >= 4 is 5.91 Å². The standard InChI is InChI=1S/C25H24N4O2/c26-15-17-10-16-11-18(12-17)21(13-16)27-25(30)23-14-22(28-29-23)20-8-4-5-9-24(20)31-19-6-2-1-3-7-19/h1-9,14,16-18,21H,10-13H2,(H,27,30)(H,28,29)/t16-,17?,18-,21-/m1/s1. The van der Waals surface area contributed by atoms with Crippen LogP contribution in [-0.4, -0.2) is 22.1 Å². The first kappa shape index (κ1) is 19.4. The molecule has 1 aromatic heterocycles. The summed E-state index contributed by atoms with van der Waals surface area (Å²) in [7, 11) is 0. The number of hydrogen-bond donors (Lipinski definition) is 2. The summed E-state index contributed by atoms with van der Waals surface area (Å²) >= 11 is 0. The fraction of sp³-hybridized carbons (Fsp3) is 0.320. The number of carbonyl (C=O) groups excluding carboxylic acids is 1. The van der Waals surface area contributed by atoms with E-state index in [2.05, 4.69) is 21.6 Å². The van der Waals surface area contributed by atoms with Crippen LogP contribution in [0.4, 0.5) is 0 Å². The highest BCUT2D eigenvalue weighted by molar-refractivity contribution is 5.93. The molecule has 0 saturated heterocycles. The zero-order valence-corrected chi connectivity index (χ0v) is 17.1. The van der Waals surface area contributed by atoms with Crippen LogP contribution in [0.5, 0.6) is 11.5 Å². The summed E-state index contributed by atoms with van der Waals surface area (Å²) in [5.74, 6) is 2.34. The first-order chi connectivity index (χ1) is 15.2. The van der Waals surface area contributed by atoms with Crippen LogP contribution in [0.25, 0.3) is 11.3 Å². The second-order valence-corrected chi connectivity index (χ2v) is 8.55. The molecule has 0 aliphatic heterocycles. The zero-order chi connectivity index (χ0) is 21.2. The van der Waals surface area contributed by atoms with Crippen LogP contribution >= 0.6 is 0 Å². The lowest BCUT2D eigenvalue weighted by Crippen LogP contribution is -2.37. The Hall–Kier alpha value is -3.59. The maximum Gasteiger partial charge on any atom is 0.272 e. The molecular weight excluding hydrogens is 388 g/mol. The van der Waals surface area contributed by atoms with E-state index in [1.54, 1.807) is 6.07 Å². The minimum absolute atomic E-state index is 0.128. The summed E-state index contributed by atoms with van der Waals surface area (Å²) in [6.45, 7) is 0. The molecule has 1 amide bonds. The van der Waals surface area contributed by atoms with Crippen LogP contribution in [0.2, 0.25) is 0 Å². The molecule has 2 aliphatic carbocycles. The number of nitrogens with one attached hydrogen (secondary N) is 2. The third-order valence-electron chi connectivity index (χ3n) is 6.46. The van der Waals surface area contributed by atoms with Gasteiger partial charge < -0.3 is 10.1 Å². The SMILES string of the molecule is N#CC1C[C@@H]2C[C@H](C1)[C@H](NC(=O)c1cc(-c3ccccc3Oc3ccccc3)[nH]n1)C2. The summed E-state index contributed by atoms with van der Waals surface area (Å²) in [6, 6.07) is 21.6. The molecule has 2 N–H and O–H groups in total. The van der Waals surface area contributed by atoms with Gasteiger partial charge in [0.25, 0.3) is 5.91 Å². The lowest BCUT2D eigenvalue weighted by molar-refractivity contribution is 0.0921. The number of benzene rings is 2. The molecule has 2 aromatic carbocycles. The quantitative estimate of drug-likeness (QED) is 0.622. The van der Waals surface area contributed by atoms with Gasteiger partial charge in [-0.05, 0) is 67.9 Å². The van der Waals surface area contributed by atoms with Crippen molar-refractivity contribution in [3.63, 3.8) is 0 Å². The molecular formula is C25H24N4O2. The molecule has 6 heteroatoms. The fourth-order valence-electron chi connectivity index (χ4n) is 5.05. The van der Waals surface area contributed by atoms with Crippen molar-refractivity contribution < 1.29 is 9.53 Å². The first-order valence-corrected chi connectivity index (χ1v) is 10.8. The van der Waals surface area contributed by atoms with Gasteiger partial charge in [-0.15, -0.1) is 0 Å². The molecule has 3 aromatic rings. The molecule has 2 saturated carbocycles. The number of carbonyl (C=O) groups is 1. The lowest BCUT2D eigenvalue weighted by atomic mass is 9.81. The number of para-hydroxylation sites is 2. The molecule has 156 valence electrons. The minimum atomic E-state index is -0.171. The predicted molar refractivity (Wildman–Crippen MR) is 116 cm³/mol. The molecule has 1 unspecified atom stereocenters. The van der Waals surface area contributed by atoms with Gasteiger partial charge in [-0.1, -0.05) is 30.3 Å². The Bertz CT molecular complexity index is 1120. The maximum absolute atomic E-state index is 12.9. The summed E-state index contributed by atoms with van der Waals surface area (Å²) in [5, 5.41) is 19.7. The summed E-state index contributed by atoms with van der Waals surface area (Å²) in [6.07, 6.45) is 3.91. The fourth-order valence-corrected chi connectivity index (χ4v) is 5.05. The second-order valence-electron chi connectivity index (χ2n) is 8.55. The van der Waals surface area contributed by atoms with E-state index in [1.165, 1.54) is 0 Å². The van der Waals surface area contributed by atoms with E-state index in [4.69, 9.17) is 4.74 Å². The van der Waals surface area contributed by atoms with Crippen LogP contribution in [0.15, 0.2) is 60.7 Å². The number of amides is 1. The van der Waals surface area contributed by atoms with Gasteiger partial charge in [0.2, 0.25) is 0 Å². The van der Waals surface area contributed by atoms with Crippen molar-refractivity contribution in [1.29, 1.82) is 5.26 Å². The normalized spacial score (nSPS) is 24.4. The number of nitriles is 1. The Kier molecular flexibility index (Phi) is 5.17. The number of rotatable bonds is 5. The summed E-state index contributed by atoms with van der Waals surface area (Å²) < 4.78 is 6.03. The van der Waals surface area contributed by atoms with E-state index in [0.717, 1.165) is 42.7 Å². The molecule has 5 rings (SSSR count). The van der Waals surface area contributed by atoms with Crippen molar-refractivity contribution in [3.05, 3.63) is 66.4 Å². The van der Waals surface area contributed by atoms with E-state index < -0.39 is 0 Å². The first-order valence-electron chi connectivity index (χ1n) is 10.8. The summed E-state index contributed by atoms with van der Waals surface area (Å²) in [5.41, 5.74) is 1.93. The number of aromatic nitrogens is 2. The highest BCUT2D eigenvalue weighted by Gasteiger charge is 2.41. The Morgan fingerprint density at radius 1 is 1.06 bits per heavy atom. The smallest absolute Gasteiger partial charge is 0.272 e. The average molecular weight is 412 g/mol. The zero-order valence-electron chi connectivity index (χ0n) is 17.1. The van der Waals surface area contributed by atoms with Crippen LogP contribution in [0, 0.1) is 29.1 Å². The number of ether oxygens (including phenoxy) is 1. The van der Waals surface area contributed by atoms with E-state index in [9.17, 15) is 10.1 Å². The van der Waals surface area contributed by atoms with Gasteiger partial charge >= 0.3 is 0 Å². The van der Waals surface area contributed by atoms with Gasteiger partial charge in [-0.3, -0.25) is 9.89 Å². The molecule has 1 heterocycles. The molecule has 0 spiro atoms. The van der Waals surface area contributed by atoms with Crippen LogP contribution in [-0.2, 0) is 0 Å². The lowest BCUT2D eigenvalue weighted by Gasteiger charge is -2.24. The number of hydrogen-bond acceptors (Lipinski definition) is 4. The topological polar surface area (TPSA) is 90.8 Å². The largest absolute Gasteiger partial charge is 0.457 e. The second kappa shape index (κ2) is 8.27. The van der Waals surface area contributed by atoms with Gasteiger partial charge in [-0.2, -0.15) is 10.4 Å². The van der Waals surface area contributed by atoms with Gasteiger partial charge in [0.15, 0.2) is 5.69 Å². The number of H-pyrrole nitrogens is 1. The van der Waals surface area contributed by atoms with Crippen molar-refractivity contribution in [2.45, 2.75) is 31.7 Å². The van der Waals surface area contributed by atoms with E-state index in [0.29, 0.717) is 23.3 Å². The maximum atomic E-state index is 12.9. The monoisotopic (exact) mass is 412 g/mol.